The molecule has 0 aromatic carbocycles. The van der Waals surface area contributed by atoms with Crippen molar-refractivity contribution in [3.8, 4) is 0 Å². The van der Waals surface area contributed by atoms with Gasteiger partial charge in [-0.2, -0.15) is 4.39 Å². The lowest BCUT2D eigenvalue weighted by Gasteiger charge is -2.06. The third-order valence-corrected chi connectivity index (χ3v) is 3.35. The molecule has 0 unspecified atom stereocenters. The molecule has 0 aliphatic heterocycles. The van der Waals surface area contributed by atoms with E-state index < -0.39 is 29.0 Å². The molecule has 0 saturated heterocycles. The van der Waals surface area contributed by atoms with Gasteiger partial charge >= 0.3 is 11.7 Å². The van der Waals surface area contributed by atoms with Crippen LogP contribution in [0.3, 0.4) is 0 Å². The Morgan fingerprint density at radius 1 is 1.12 bits per heavy atom. The van der Waals surface area contributed by atoms with Crippen LogP contribution in [0.5, 0.6) is 0 Å². The van der Waals surface area contributed by atoms with Gasteiger partial charge in [0.25, 0.3) is 5.56 Å². The highest BCUT2D eigenvalue weighted by molar-refractivity contribution is 5.76. The van der Waals surface area contributed by atoms with E-state index >= 15 is 0 Å². The minimum Gasteiger partial charge on any atom is -0.337 e. The predicted octanol–water partition coefficient (Wildman–Crippen LogP) is 0.470. The second-order valence-electron chi connectivity index (χ2n) is 5.24. The summed E-state index contributed by atoms with van der Waals surface area (Å²) in [4.78, 5) is 46.4. The molecule has 9 nitrogen and oxygen atoms in total. The molecule has 4 N–H and O–H groups in total. The minimum absolute atomic E-state index is 0.289. The Morgan fingerprint density at radius 2 is 1.75 bits per heavy atom. The molecule has 0 fully saturated rings. The number of hydrogen-bond acceptors (Lipinski definition) is 5. The molecule has 10 heteroatoms. The molecule has 1 rings (SSSR count). The van der Waals surface area contributed by atoms with E-state index in [1.54, 1.807) is 10.5 Å². The van der Waals surface area contributed by atoms with Gasteiger partial charge in [-0.25, -0.2) is 19.6 Å². The van der Waals surface area contributed by atoms with Crippen molar-refractivity contribution >= 4 is 11.9 Å². The number of hydroxylamine groups is 1. The second kappa shape index (κ2) is 10.3. The Balaban J connectivity index is 2.16. The molecule has 0 spiro atoms. The number of carbonyl (C=O) groups is 2. The number of carbonyl (C=O) groups excluding carboxylic acids is 2. The monoisotopic (exact) mass is 344 g/mol. The average Bonchev–Trinajstić information content (AvgIpc) is 2.56. The van der Waals surface area contributed by atoms with E-state index in [0.29, 0.717) is 30.2 Å². The highest BCUT2D eigenvalue weighted by Gasteiger charge is 2.10. The standard InChI is InChI=1S/C14H21FN4O5/c15-10-9-19(14(23)17-12(10)21)13(22)16-8-6-4-2-1-3-5-7-11(20)18-24/h9,24H,1-8H2,(H,16,22)(H,18,20)(H,17,21,23). The molecular formula is C14H21FN4O5. The Bertz CT molecular complexity index is 670. The predicted molar refractivity (Wildman–Crippen MR) is 82.3 cm³/mol. The fourth-order valence-electron chi connectivity index (χ4n) is 2.05. The van der Waals surface area contributed by atoms with Gasteiger partial charge < -0.3 is 5.32 Å². The number of nitrogens with one attached hydrogen (secondary N) is 3. The molecule has 0 atom stereocenters. The van der Waals surface area contributed by atoms with Crippen LogP contribution in [0.15, 0.2) is 15.8 Å². The van der Waals surface area contributed by atoms with Crippen LogP contribution >= 0.6 is 0 Å². The number of halogens is 1. The summed E-state index contributed by atoms with van der Waals surface area (Å²) in [6, 6.07) is -0.801. The van der Waals surface area contributed by atoms with Crippen LogP contribution in [0.2, 0.25) is 0 Å². The normalized spacial score (nSPS) is 10.4. The maximum Gasteiger partial charge on any atom is 0.336 e. The van der Waals surface area contributed by atoms with Gasteiger partial charge in [0.05, 0.1) is 6.20 Å². The lowest BCUT2D eigenvalue weighted by atomic mass is 10.1. The first kappa shape index (κ1) is 19.6. The molecule has 0 bridgehead atoms. The van der Waals surface area contributed by atoms with Crippen molar-refractivity contribution in [2.75, 3.05) is 6.54 Å². The largest absolute Gasteiger partial charge is 0.337 e. The van der Waals surface area contributed by atoms with Crippen molar-refractivity contribution in [2.45, 2.75) is 44.9 Å². The smallest absolute Gasteiger partial charge is 0.336 e. The highest BCUT2D eigenvalue weighted by Crippen LogP contribution is 2.06. The second-order valence-corrected chi connectivity index (χ2v) is 5.24. The number of amides is 2. The highest BCUT2D eigenvalue weighted by atomic mass is 19.1. The average molecular weight is 344 g/mol. The molecule has 1 aromatic rings. The fourth-order valence-corrected chi connectivity index (χ4v) is 2.05. The molecule has 0 aliphatic rings. The Hall–Kier alpha value is -2.49. The maximum atomic E-state index is 13.1. The molecule has 1 heterocycles. The molecule has 24 heavy (non-hydrogen) atoms. The van der Waals surface area contributed by atoms with Crippen LogP contribution in [0.4, 0.5) is 9.18 Å². The van der Waals surface area contributed by atoms with Crippen LogP contribution < -0.4 is 22.0 Å². The van der Waals surface area contributed by atoms with E-state index in [4.69, 9.17) is 5.21 Å². The molecule has 0 aliphatic carbocycles. The molecular weight excluding hydrogens is 323 g/mol. The van der Waals surface area contributed by atoms with Crippen LogP contribution in [-0.4, -0.2) is 33.2 Å². The zero-order chi connectivity index (χ0) is 17.9. The third kappa shape index (κ3) is 6.73. The first-order valence-electron chi connectivity index (χ1n) is 7.68. The van der Waals surface area contributed by atoms with E-state index in [1.165, 1.54) is 0 Å². The van der Waals surface area contributed by atoms with E-state index in [-0.39, 0.29) is 6.42 Å². The van der Waals surface area contributed by atoms with Gasteiger partial charge in [-0.15, -0.1) is 0 Å². The summed E-state index contributed by atoms with van der Waals surface area (Å²) in [6.45, 7) is 0.318. The van der Waals surface area contributed by atoms with E-state index in [1.807, 2.05) is 0 Å². The van der Waals surface area contributed by atoms with E-state index in [2.05, 4.69) is 5.32 Å². The number of nitrogens with zero attached hydrogens (tertiary/aromatic N) is 1. The van der Waals surface area contributed by atoms with Gasteiger partial charge in [0, 0.05) is 13.0 Å². The van der Waals surface area contributed by atoms with Gasteiger partial charge in [0.2, 0.25) is 11.7 Å². The third-order valence-electron chi connectivity index (χ3n) is 3.35. The summed E-state index contributed by atoms with van der Waals surface area (Å²) in [5.41, 5.74) is -0.589. The van der Waals surface area contributed by atoms with Crippen molar-refractivity contribution in [1.29, 1.82) is 0 Å². The maximum absolute atomic E-state index is 13.1. The summed E-state index contributed by atoms with van der Waals surface area (Å²) >= 11 is 0. The summed E-state index contributed by atoms with van der Waals surface area (Å²) in [5.74, 6) is -1.61. The molecule has 134 valence electrons. The lowest BCUT2D eigenvalue weighted by molar-refractivity contribution is -0.129. The van der Waals surface area contributed by atoms with Gasteiger partial charge in [-0.3, -0.25) is 19.8 Å². The number of aromatic amines is 1. The summed E-state index contributed by atoms with van der Waals surface area (Å²) in [6.07, 6.45) is 5.79. The van der Waals surface area contributed by atoms with Crippen molar-refractivity contribution < 1.29 is 19.2 Å². The van der Waals surface area contributed by atoms with Gasteiger partial charge in [0.15, 0.2) is 0 Å². The Morgan fingerprint density at radius 3 is 2.42 bits per heavy atom. The molecule has 1 aromatic heterocycles. The lowest BCUT2D eigenvalue weighted by Crippen LogP contribution is -2.40. The summed E-state index contributed by atoms with van der Waals surface area (Å²) < 4.78 is 13.5. The number of hydrogen-bond donors (Lipinski definition) is 4. The SMILES string of the molecule is O=C(CCCCCCCCNC(=O)n1cc(F)c(=O)[nH]c1=O)NO. The van der Waals surface area contributed by atoms with Crippen LogP contribution in [-0.2, 0) is 4.79 Å². The zero-order valence-electron chi connectivity index (χ0n) is 13.1. The quantitative estimate of drug-likeness (QED) is 0.293. The number of H-pyrrole nitrogens is 1. The number of unbranched alkanes of at least 4 members (excludes halogenated alkanes) is 5. The first-order valence-corrected chi connectivity index (χ1v) is 7.68. The van der Waals surface area contributed by atoms with Gasteiger partial charge in [-0.05, 0) is 12.8 Å². The molecule has 0 radical (unpaired) electrons. The fraction of sp³-hybridized carbons (Fsp3) is 0.571. The van der Waals surface area contributed by atoms with E-state index in [0.717, 1.165) is 25.7 Å². The van der Waals surface area contributed by atoms with Gasteiger partial charge in [-0.1, -0.05) is 25.7 Å². The molecule has 0 saturated carbocycles. The topological polar surface area (TPSA) is 133 Å². The Kier molecular flexibility index (Phi) is 8.41. The van der Waals surface area contributed by atoms with Crippen LogP contribution in [0.1, 0.15) is 44.9 Å². The van der Waals surface area contributed by atoms with Gasteiger partial charge in [0.1, 0.15) is 0 Å². The van der Waals surface area contributed by atoms with Crippen LogP contribution in [0, 0.1) is 5.82 Å². The van der Waals surface area contributed by atoms with Crippen molar-refractivity contribution in [3.05, 3.63) is 32.9 Å². The van der Waals surface area contributed by atoms with Crippen molar-refractivity contribution in [3.63, 3.8) is 0 Å². The number of aromatic nitrogens is 2. The molecule has 2 amide bonds. The zero-order valence-corrected chi connectivity index (χ0v) is 13.1. The minimum atomic E-state index is -1.21. The first-order chi connectivity index (χ1) is 11.5. The summed E-state index contributed by atoms with van der Waals surface area (Å²) in [5, 5.41) is 10.8. The van der Waals surface area contributed by atoms with Crippen molar-refractivity contribution in [1.82, 2.24) is 20.3 Å². The number of rotatable bonds is 9. The van der Waals surface area contributed by atoms with E-state index in [9.17, 15) is 23.6 Å². The summed E-state index contributed by atoms with van der Waals surface area (Å²) in [7, 11) is 0. The Labute approximate surface area is 136 Å². The van der Waals surface area contributed by atoms with Crippen molar-refractivity contribution in [2.24, 2.45) is 0 Å². The van der Waals surface area contributed by atoms with Crippen LogP contribution in [0.25, 0.3) is 0 Å².